The molecular formula is C25H26ClFIN5O5S. The fourth-order valence-electron chi connectivity index (χ4n) is 3.74. The Bertz CT molecular complexity index is 1610. The largest absolute Gasteiger partial charge is 0.454 e. The van der Waals surface area contributed by atoms with Gasteiger partial charge >= 0.3 is 0 Å². The molecule has 10 nitrogen and oxygen atoms in total. The van der Waals surface area contributed by atoms with Crippen molar-refractivity contribution in [2.45, 2.75) is 19.8 Å². The normalized spacial score (nSPS) is 13.2. The predicted molar refractivity (Wildman–Crippen MR) is 157 cm³/mol. The van der Waals surface area contributed by atoms with E-state index in [9.17, 15) is 22.4 Å². The molecule has 1 amide bonds. The van der Waals surface area contributed by atoms with Gasteiger partial charge in [0.15, 0.2) is 5.75 Å². The van der Waals surface area contributed by atoms with E-state index in [0.717, 1.165) is 12.8 Å². The van der Waals surface area contributed by atoms with E-state index in [0.29, 0.717) is 16.0 Å². The number of aromatic nitrogens is 1. The molecule has 0 spiro atoms. The molecule has 39 heavy (non-hydrogen) atoms. The minimum Gasteiger partial charge on any atom is -0.454 e. The molecule has 3 aromatic rings. The molecule has 4 N–H and O–H groups in total. The van der Waals surface area contributed by atoms with Crippen molar-refractivity contribution >= 4 is 67.5 Å². The van der Waals surface area contributed by atoms with Crippen molar-refractivity contribution in [3.8, 4) is 11.5 Å². The summed E-state index contributed by atoms with van der Waals surface area (Å²) in [5.74, 6) is -0.843. The first-order chi connectivity index (χ1) is 18.4. The Morgan fingerprint density at radius 1 is 1.23 bits per heavy atom. The lowest BCUT2D eigenvalue weighted by Gasteiger charge is -2.22. The highest BCUT2D eigenvalue weighted by molar-refractivity contribution is 14.1. The molecular weight excluding hydrogens is 664 g/mol. The van der Waals surface area contributed by atoms with Gasteiger partial charge in [0.25, 0.3) is 21.7 Å². The lowest BCUT2D eigenvalue weighted by atomic mass is 10.1. The Morgan fingerprint density at radius 3 is 2.59 bits per heavy atom. The maximum atomic E-state index is 14.8. The van der Waals surface area contributed by atoms with Gasteiger partial charge in [-0.15, -0.1) is 0 Å². The third-order valence-electron chi connectivity index (χ3n) is 6.11. The molecule has 1 aromatic heterocycles. The van der Waals surface area contributed by atoms with Crippen LogP contribution in [0.3, 0.4) is 0 Å². The Hall–Kier alpha value is -2.88. The van der Waals surface area contributed by atoms with Crippen LogP contribution in [0.1, 0.15) is 28.8 Å². The summed E-state index contributed by atoms with van der Waals surface area (Å²) < 4.78 is 51.2. The van der Waals surface area contributed by atoms with Crippen LogP contribution in [-0.4, -0.2) is 32.5 Å². The van der Waals surface area contributed by atoms with Crippen LogP contribution < -0.4 is 30.4 Å². The number of carbonyl (C=O) groups is 1. The topological polar surface area (TPSA) is 131 Å². The maximum Gasteiger partial charge on any atom is 0.298 e. The number of hydrogen-bond donors (Lipinski definition) is 4. The third-order valence-corrected chi connectivity index (χ3v) is 8.20. The Morgan fingerprint density at radius 2 is 1.95 bits per heavy atom. The van der Waals surface area contributed by atoms with E-state index in [4.69, 9.17) is 16.3 Å². The molecule has 1 aliphatic carbocycles. The first kappa shape index (κ1) is 29.1. The number of rotatable bonds is 10. The smallest absolute Gasteiger partial charge is 0.298 e. The minimum atomic E-state index is -3.89. The van der Waals surface area contributed by atoms with Crippen LogP contribution >= 0.6 is 34.2 Å². The van der Waals surface area contributed by atoms with Gasteiger partial charge in [0, 0.05) is 24.2 Å². The standard InChI is InChI=1S/C25H26ClFIN5O5S/c1-13-22(38-19-6-4-5-18(21(19)26)32-39(36,37)29-2)20(24(34)30-12-14-7-8-14)23(33(3)25(13)35)31-17-10-9-15(28)11-16(17)27/h4-6,9-11,14,29,31-32H,7-8,12H2,1-3H3,(H,30,34). The van der Waals surface area contributed by atoms with Crippen LogP contribution in [0.25, 0.3) is 0 Å². The molecule has 1 fully saturated rings. The highest BCUT2D eigenvalue weighted by Crippen LogP contribution is 2.39. The van der Waals surface area contributed by atoms with Crippen molar-refractivity contribution in [1.29, 1.82) is 0 Å². The van der Waals surface area contributed by atoms with Crippen LogP contribution in [-0.2, 0) is 17.3 Å². The Labute approximate surface area is 243 Å². The van der Waals surface area contributed by atoms with Crippen molar-refractivity contribution < 1.29 is 22.3 Å². The van der Waals surface area contributed by atoms with Gasteiger partial charge in [-0.1, -0.05) is 17.7 Å². The zero-order valence-electron chi connectivity index (χ0n) is 21.2. The summed E-state index contributed by atoms with van der Waals surface area (Å²) in [6, 6.07) is 8.89. The summed E-state index contributed by atoms with van der Waals surface area (Å²) in [5, 5.41) is 5.67. The number of nitrogens with one attached hydrogen (secondary N) is 4. The van der Waals surface area contributed by atoms with E-state index in [1.54, 1.807) is 6.07 Å². The highest BCUT2D eigenvalue weighted by Gasteiger charge is 2.29. The van der Waals surface area contributed by atoms with E-state index in [-0.39, 0.29) is 44.8 Å². The molecule has 2 aromatic carbocycles. The maximum absolute atomic E-state index is 14.8. The van der Waals surface area contributed by atoms with E-state index in [1.807, 2.05) is 22.6 Å². The summed E-state index contributed by atoms with van der Waals surface area (Å²) in [7, 11) is -1.19. The van der Waals surface area contributed by atoms with Crippen molar-refractivity contribution in [3.63, 3.8) is 0 Å². The number of hydrogen-bond acceptors (Lipinski definition) is 6. The average molecular weight is 690 g/mol. The monoisotopic (exact) mass is 689 g/mol. The van der Waals surface area contributed by atoms with Crippen molar-refractivity contribution in [2.75, 3.05) is 23.6 Å². The first-order valence-corrected chi connectivity index (χ1v) is 14.8. The SMILES string of the molecule is CNS(=O)(=O)Nc1cccc(Oc2c(C(=O)NCC3CC3)c(Nc3ccc(I)cc3F)n(C)c(=O)c2C)c1Cl. The third kappa shape index (κ3) is 6.65. The minimum absolute atomic E-state index is 0.00744. The zero-order chi connectivity index (χ0) is 28.5. The lowest BCUT2D eigenvalue weighted by Crippen LogP contribution is -2.31. The van der Waals surface area contributed by atoms with E-state index < -0.39 is 27.5 Å². The second-order valence-electron chi connectivity index (χ2n) is 8.97. The summed E-state index contributed by atoms with van der Waals surface area (Å²) in [5.41, 5.74) is -0.368. The lowest BCUT2D eigenvalue weighted by molar-refractivity contribution is 0.0949. The van der Waals surface area contributed by atoms with Crippen LogP contribution in [0.5, 0.6) is 11.5 Å². The Balaban J connectivity index is 1.86. The molecule has 1 saturated carbocycles. The van der Waals surface area contributed by atoms with Gasteiger partial charge in [0.1, 0.15) is 28.0 Å². The van der Waals surface area contributed by atoms with Gasteiger partial charge in [0.05, 0.1) is 16.9 Å². The first-order valence-electron chi connectivity index (χ1n) is 11.8. The number of amides is 1. The number of benzene rings is 2. The summed E-state index contributed by atoms with van der Waals surface area (Å²) in [6.45, 7) is 1.92. The van der Waals surface area contributed by atoms with Gasteiger partial charge < -0.3 is 15.4 Å². The summed E-state index contributed by atoms with van der Waals surface area (Å²) >= 11 is 8.44. The van der Waals surface area contributed by atoms with E-state index in [2.05, 4.69) is 20.1 Å². The Kier molecular flexibility index (Phi) is 8.73. The van der Waals surface area contributed by atoms with Crippen LogP contribution in [0.15, 0.2) is 41.2 Å². The van der Waals surface area contributed by atoms with Crippen LogP contribution in [0, 0.1) is 22.2 Å². The number of carbonyl (C=O) groups excluding carboxylic acids is 1. The van der Waals surface area contributed by atoms with Crippen LogP contribution in [0.2, 0.25) is 5.02 Å². The second kappa shape index (κ2) is 11.7. The van der Waals surface area contributed by atoms with Gasteiger partial charge in [-0.3, -0.25) is 18.9 Å². The molecule has 1 heterocycles. The van der Waals surface area contributed by atoms with Crippen molar-refractivity contribution in [3.05, 3.63) is 72.3 Å². The fourth-order valence-corrected chi connectivity index (χ4v) is 5.02. The van der Waals surface area contributed by atoms with E-state index >= 15 is 0 Å². The molecule has 0 aliphatic heterocycles. The molecule has 0 saturated heterocycles. The van der Waals surface area contributed by atoms with Crippen molar-refractivity contribution in [2.24, 2.45) is 13.0 Å². The summed E-state index contributed by atoms with van der Waals surface area (Å²) in [4.78, 5) is 26.8. The number of ether oxygens (including phenoxy) is 1. The molecule has 0 bridgehead atoms. The molecule has 1 aliphatic rings. The second-order valence-corrected chi connectivity index (χ2v) is 12.2. The number of pyridine rings is 1. The molecule has 0 unspecified atom stereocenters. The fraction of sp³-hybridized carbons (Fsp3) is 0.280. The number of nitrogens with zero attached hydrogens (tertiary/aromatic N) is 1. The van der Waals surface area contributed by atoms with Gasteiger partial charge in [-0.05, 0) is 78.6 Å². The van der Waals surface area contributed by atoms with Crippen molar-refractivity contribution in [1.82, 2.24) is 14.6 Å². The van der Waals surface area contributed by atoms with Gasteiger partial charge in [-0.25, -0.2) is 9.11 Å². The number of halogens is 3. The summed E-state index contributed by atoms with van der Waals surface area (Å²) in [6.07, 6.45) is 2.00. The molecule has 0 radical (unpaired) electrons. The van der Waals surface area contributed by atoms with Gasteiger partial charge in [-0.2, -0.15) is 8.42 Å². The average Bonchev–Trinajstić information content (AvgIpc) is 3.72. The zero-order valence-corrected chi connectivity index (χ0v) is 24.9. The molecule has 14 heteroatoms. The predicted octanol–water partition coefficient (Wildman–Crippen LogP) is 4.64. The highest BCUT2D eigenvalue weighted by atomic mass is 127. The molecule has 0 atom stereocenters. The molecule has 208 valence electrons. The van der Waals surface area contributed by atoms with Crippen LogP contribution in [0.4, 0.5) is 21.6 Å². The van der Waals surface area contributed by atoms with Gasteiger partial charge in [0.2, 0.25) is 0 Å². The quantitative estimate of drug-likeness (QED) is 0.230. The molecule has 4 rings (SSSR count). The van der Waals surface area contributed by atoms with E-state index in [1.165, 1.54) is 55.9 Å². The number of anilines is 3.